The largest absolute Gasteiger partial charge is 0.340 e. The molecule has 0 aliphatic rings. The Labute approximate surface area is 108 Å². The first-order valence-electron chi connectivity index (χ1n) is 6.11. The SMILES string of the molecule is CCN(CC)CCN(CC(C)C)C(=O)CBr. The van der Waals surface area contributed by atoms with Gasteiger partial charge in [-0.2, -0.15) is 0 Å². The van der Waals surface area contributed by atoms with Crippen molar-refractivity contribution in [3.05, 3.63) is 0 Å². The molecule has 4 heteroatoms. The number of halogens is 1. The quantitative estimate of drug-likeness (QED) is 0.641. The third kappa shape index (κ3) is 6.48. The van der Waals surface area contributed by atoms with E-state index in [9.17, 15) is 4.79 Å². The fourth-order valence-electron chi connectivity index (χ4n) is 1.65. The number of carbonyl (C=O) groups excluding carboxylic acids is 1. The van der Waals surface area contributed by atoms with Crippen molar-refractivity contribution in [3.8, 4) is 0 Å². The fourth-order valence-corrected chi connectivity index (χ4v) is 2.00. The molecule has 0 unspecified atom stereocenters. The van der Waals surface area contributed by atoms with Crippen LogP contribution in [-0.4, -0.2) is 53.8 Å². The molecular formula is C12H25BrN2O. The lowest BCUT2D eigenvalue weighted by Gasteiger charge is -2.27. The maximum absolute atomic E-state index is 11.7. The highest BCUT2D eigenvalue weighted by atomic mass is 79.9. The van der Waals surface area contributed by atoms with Crippen LogP contribution >= 0.6 is 15.9 Å². The second-order valence-electron chi connectivity index (χ2n) is 4.39. The molecule has 0 fully saturated rings. The lowest BCUT2D eigenvalue weighted by Crippen LogP contribution is -2.41. The van der Waals surface area contributed by atoms with E-state index in [0.717, 1.165) is 32.7 Å². The summed E-state index contributed by atoms with van der Waals surface area (Å²) in [6.07, 6.45) is 0. The van der Waals surface area contributed by atoms with Crippen LogP contribution in [0.3, 0.4) is 0 Å². The lowest BCUT2D eigenvalue weighted by molar-refractivity contribution is -0.129. The Morgan fingerprint density at radius 2 is 1.75 bits per heavy atom. The molecule has 0 saturated heterocycles. The van der Waals surface area contributed by atoms with Crippen LogP contribution in [0.1, 0.15) is 27.7 Å². The Hall–Kier alpha value is -0.0900. The van der Waals surface area contributed by atoms with Crippen molar-refractivity contribution in [3.63, 3.8) is 0 Å². The first kappa shape index (κ1) is 15.9. The average Bonchev–Trinajstić information content (AvgIpc) is 2.27. The lowest BCUT2D eigenvalue weighted by atomic mass is 10.2. The Morgan fingerprint density at radius 1 is 1.19 bits per heavy atom. The van der Waals surface area contributed by atoms with Crippen molar-refractivity contribution in [2.75, 3.05) is 38.1 Å². The van der Waals surface area contributed by atoms with Crippen LogP contribution in [0.4, 0.5) is 0 Å². The normalized spacial score (nSPS) is 11.2. The predicted octanol–water partition coefficient (Wildman–Crippen LogP) is 2.21. The fraction of sp³-hybridized carbons (Fsp3) is 0.917. The molecule has 1 amide bonds. The van der Waals surface area contributed by atoms with Gasteiger partial charge in [0.05, 0.1) is 5.33 Å². The van der Waals surface area contributed by atoms with E-state index in [1.165, 1.54) is 0 Å². The summed E-state index contributed by atoms with van der Waals surface area (Å²) in [7, 11) is 0. The minimum atomic E-state index is 0.195. The maximum Gasteiger partial charge on any atom is 0.233 e. The van der Waals surface area contributed by atoms with Crippen molar-refractivity contribution in [2.45, 2.75) is 27.7 Å². The van der Waals surface area contributed by atoms with Crippen LogP contribution in [0, 0.1) is 5.92 Å². The van der Waals surface area contributed by atoms with Gasteiger partial charge in [-0.25, -0.2) is 0 Å². The van der Waals surface area contributed by atoms with Crippen LogP contribution in [0.5, 0.6) is 0 Å². The van der Waals surface area contributed by atoms with Gasteiger partial charge in [0.25, 0.3) is 0 Å². The van der Waals surface area contributed by atoms with Gasteiger partial charge in [-0.05, 0) is 19.0 Å². The van der Waals surface area contributed by atoms with E-state index in [0.29, 0.717) is 11.2 Å². The van der Waals surface area contributed by atoms with Crippen LogP contribution in [0.25, 0.3) is 0 Å². The van der Waals surface area contributed by atoms with E-state index in [1.807, 2.05) is 4.90 Å². The predicted molar refractivity (Wildman–Crippen MR) is 73.0 cm³/mol. The number of rotatable bonds is 8. The summed E-state index contributed by atoms with van der Waals surface area (Å²) in [5.41, 5.74) is 0. The summed E-state index contributed by atoms with van der Waals surface area (Å²) in [4.78, 5) is 16.0. The summed E-state index contributed by atoms with van der Waals surface area (Å²) in [6, 6.07) is 0. The molecule has 96 valence electrons. The second-order valence-corrected chi connectivity index (χ2v) is 4.95. The van der Waals surface area contributed by atoms with E-state index in [1.54, 1.807) is 0 Å². The van der Waals surface area contributed by atoms with E-state index >= 15 is 0 Å². The number of likely N-dealkylation sites (N-methyl/N-ethyl adjacent to an activating group) is 1. The molecule has 0 saturated carbocycles. The molecule has 0 spiro atoms. The summed E-state index contributed by atoms with van der Waals surface area (Å²) in [5.74, 6) is 0.723. The molecular weight excluding hydrogens is 268 g/mol. The van der Waals surface area contributed by atoms with Gasteiger partial charge >= 0.3 is 0 Å². The number of carbonyl (C=O) groups is 1. The van der Waals surface area contributed by atoms with E-state index in [-0.39, 0.29) is 5.91 Å². The van der Waals surface area contributed by atoms with Crippen molar-refractivity contribution in [1.29, 1.82) is 0 Å². The van der Waals surface area contributed by atoms with E-state index in [4.69, 9.17) is 0 Å². The zero-order valence-electron chi connectivity index (χ0n) is 11.0. The monoisotopic (exact) mass is 292 g/mol. The van der Waals surface area contributed by atoms with Gasteiger partial charge in [0.1, 0.15) is 0 Å². The topological polar surface area (TPSA) is 23.6 Å². The number of alkyl halides is 1. The van der Waals surface area contributed by atoms with E-state index in [2.05, 4.69) is 48.5 Å². The molecule has 0 rings (SSSR count). The molecule has 3 nitrogen and oxygen atoms in total. The third-order valence-electron chi connectivity index (χ3n) is 2.63. The molecule has 0 N–H and O–H groups in total. The smallest absolute Gasteiger partial charge is 0.233 e. The van der Waals surface area contributed by atoms with Gasteiger partial charge in [0.15, 0.2) is 0 Å². The first-order valence-corrected chi connectivity index (χ1v) is 7.23. The summed E-state index contributed by atoms with van der Waals surface area (Å²) >= 11 is 3.24. The summed E-state index contributed by atoms with van der Waals surface area (Å²) in [6.45, 7) is 13.4. The van der Waals surface area contributed by atoms with Gasteiger partial charge in [-0.1, -0.05) is 43.6 Å². The highest BCUT2D eigenvalue weighted by Gasteiger charge is 2.14. The van der Waals surface area contributed by atoms with Gasteiger partial charge < -0.3 is 9.80 Å². The van der Waals surface area contributed by atoms with Crippen LogP contribution in [-0.2, 0) is 4.79 Å². The minimum absolute atomic E-state index is 0.195. The first-order chi connectivity index (χ1) is 7.54. The Kier molecular flexibility index (Phi) is 8.94. The molecule has 0 aromatic rings. The highest BCUT2D eigenvalue weighted by molar-refractivity contribution is 9.09. The van der Waals surface area contributed by atoms with Gasteiger partial charge in [-0.15, -0.1) is 0 Å². The third-order valence-corrected chi connectivity index (χ3v) is 3.11. The highest BCUT2D eigenvalue weighted by Crippen LogP contribution is 2.02. The van der Waals surface area contributed by atoms with Gasteiger partial charge in [0, 0.05) is 19.6 Å². The van der Waals surface area contributed by atoms with Crippen LogP contribution in [0.2, 0.25) is 0 Å². The Morgan fingerprint density at radius 3 is 2.12 bits per heavy atom. The molecule has 0 aliphatic heterocycles. The number of hydrogen-bond donors (Lipinski definition) is 0. The Bertz CT molecular complexity index is 193. The van der Waals surface area contributed by atoms with E-state index < -0.39 is 0 Å². The average molecular weight is 293 g/mol. The number of hydrogen-bond acceptors (Lipinski definition) is 2. The maximum atomic E-state index is 11.7. The van der Waals surface area contributed by atoms with Gasteiger partial charge in [-0.3, -0.25) is 4.79 Å². The molecule has 0 aromatic heterocycles. The summed E-state index contributed by atoms with van der Waals surface area (Å²) < 4.78 is 0. The van der Waals surface area contributed by atoms with Gasteiger partial charge in [0.2, 0.25) is 5.91 Å². The molecule has 0 atom stereocenters. The molecule has 0 heterocycles. The molecule has 0 radical (unpaired) electrons. The zero-order valence-corrected chi connectivity index (χ0v) is 12.6. The second kappa shape index (κ2) is 8.99. The van der Waals surface area contributed by atoms with Crippen molar-refractivity contribution >= 4 is 21.8 Å². The molecule has 0 aromatic carbocycles. The Balaban J connectivity index is 4.15. The van der Waals surface area contributed by atoms with Crippen LogP contribution < -0.4 is 0 Å². The van der Waals surface area contributed by atoms with Crippen molar-refractivity contribution in [2.24, 2.45) is 5.92 Å². The minimum Gasteiger partial charge on any atom is -0.340 e. The number of nitrogens with zero attached hydrogens (tertiary/aromatic N) is 2. The zero-order chi connectivity index (χ0) is 12.6. The van der Waals surface area contributed by atoms with Crippen molar-refractivity contribution in [1.82, 2.24) is 9.80 Å². The molecule has 16 heavy (non-hydrogen) atoms. The molecule has 0 aliphatic carbocycles. The van der Waals surface area contributed by atoms with Crippen molar-refractivity contribution < 1.29 is 4.79 Å². The summed E-state index contributed by atoms with van der Waals surface area (Å²) in [5, 5.41) is 0.429. The van der Waals surface area contributed by atoms with Crippen LogP contribution in [0.15, 0.2) is 0 Å². The number of amides is 1. The standard InChI is InChI=1S/C12H25BrN2O/c1-5-14(6-2)7-8-15(10-11(3)4)12(16)9-13/h11H,5-10H2,1-4H3. The molecule has 0 bridgehead atoms.